The summed E-state index contributed by atoms with van der Waals surface area (Å²) in [4.78, 5) is 23.9. The van der Waals surface area contributed by atoms with E-state index < -0.39 is 11.6 Å². The molecular formula is C14H20O4. The third-order valence-corrected chi connectivity index (χ3v) is 3.34. The summed E-state index contributed by atoms with van der Waals surface area (Å²) in [6.45, 7) is 7.23. The Morgan fingerprint density at radius 3 is 2.56 bits per heavy atom. The molecule has 0 aromatic carbocycles. The minimum absolute atomic E-state index is 0.0814. The van der Waals surface area contributed by atoms with Gasteiger partial charge < -0.3 is 9.84 Å². The van der Waals surface area contributed by atoms with Crippen LogP contribution in [0.25, 0.3) is 0 Å². The summed E-state index contributed by atoms with van der Waals surface area (Å²) in [6.07, 6.45) is 2.88. The van der Waals surface area contributed by atoms with E-state index in [-0.39, 0.29) is 23.5 Å². The van der Waals surface area contributed by atoms with Crippen LogP contribution in [-0.2, 0) is 14.3 Å². The van der Waals surface area contributed by atoms with Crippen LogP contribution in [0.1, 0.15) is 47.0 Å². The molecule has 0 amide bonds. The molecule has 0 aromatic heterocycles. The van der Waals surface area contributed by atoms with Crippen LogP contribution in [-0.4, -0.2) is 22.5 Å². The van der Waals surface area contributed by atoms with Crippen molar-refractivity contribution in [3.8, 4) is 0 Å². The molecule has 0 aliphatic carbocycles. The van der Waals surface area contributed by atoms with E-state index in [9.17, 15) is 14.7 Å². The molecule has 1 fully saturated rings. The molecule has 4 nitrogen and oxygen atoms in total. The van der Waals surface area contributed by atoms with Crippen molar-refractivity contribution in [1.29, 1.82) is 0 Å². The Balaban J connectivity index is 3.08. The standard InChI is InChI=1S/C14H20O4/c1-5-7-10(15)12-11(16)8-14(4,9(3)6-2)18-13(12)17/h6,15H,5,7-8H2,1-4H3. The number of Topliss-reactive ketones (excluding diaryl/α,β-unsaturated/α-hetero) is 1. The zero-order chi connectivity index (χ0) is 13.9. The molecule has 1 heterocycles. The van der Waals surface area contributed by atoms with Gasteiger partial charge in [-0.05, 0) is 32.8 Å². The average Bonchev–Trinajstić information content (AvgIpc) is 2.26. The number of ketones is 1. The molecule has 1 unspecified atom stereocenters. The van der Waals surface area contributed by atoms with Crippen LogP contribution in [0.2, 0.25) is 0 Å². The summed E-state index contributed by atoms with van der Waals surface area (Å²) in [6, 6.07) is 0. The summed E-state index contributed by atoms with van der Waals surface area (Å²) in [5.41, 5.74) is -0.240. The van der Waals surface area contributed by atoms with Gasteiger partial charge >= 0.3 is 5.97 Å². The smallest absolute Gasteiger partial charge is 0.346 e. The fraction of sp³-hybridized carbons (Fsp3) is 0.571. The number of hydrogen-bond acceptors (Lipinski definition) is 4. The van der Waals surface area contributed by atoms with E-state index in [2.05, 4.69) is 0 Å². The Hall–Kier alpha value is -1.58. The van der Waals surface area contributed by atoms with Crippen molar-refractivity contribution in [2.45, 2.75) is 52.6 Å². The second-order valence-corrected chi connectivity index (χ2v) is 4.76. The largest absolute Gasteiger partial charge is 0.511 e. The van der Waals surface area contributed by atoms with Crippen LogP contribution in [0.3, 0.4) is 0 Å². The summed E-state index contributed by atoms with van der Waals surface area (Å²) in [5, 5.41) is 9.72. The van der Waals surface area contributed by atoms with Gasteiger partial charge in [-0.1, -0.05) is 13.0 Å². The van der Waals surface area contributed by atoms with Gasteiger partial charge in [0.05, 0.1) is 6.42 Å². The first kappa shape index (κ1) is 14.5. The molecule has 100 valence electrons. The zero-order valence-electron chi connectivity index (χ0n) is 11.4. The molecule has 0 radical (unpaired) electrons. The lowest BCUT2D eigenvalue weighted by Gasteiger charge is -2.34. The predicted molar refractivity (Wildman–Crippen MR) is 68.1 cm³/mol. The maximum absolute atomic E-state index is 12.0. The molecule has 1 aliphatic rings. The highest BCUT2D eigenvalue weighted by atomic mass is 16.6. The van der Waals surface area contributed by atoms with Crippen LogP contribution in [0.5, 0.6) is 0 Å². The van der Waals surface area contributed by atoms with E-state index >= 15 is 0 Å². The van der Waals surface area contributed by atoms with Crippen LogP contribution in [0.4, 0.5) is 0 Å². The van der Waals surface area contributed by atoms with E-state index in [1.165, 1.54) is 0 Å². The minimum atomic E-state index is -0.890. The van der Waals surface area contributed by atoms with Crippen LogP contribution in [0.15, 0.2) is 23.0 Å². The van der Waals surface area contributed by atoms with E-state index in [0.717, 1.165) is 5.57 Å². The lowest BCUT2D eigenvalue weighted by atomic mass is 9.85. The first-order chi connectivity index (χ1) is 8.35. The topological polar surface area (TPSA) is 63.6 Å². The van der Waals surface area contributed by atoms with Crippen LogP contribution < -0.4 is 0 Å². The highest BCUT2D eigenvalue weighted by Gasteiger charge is 2.43. The van der Waals surface area contributed by atoms with E-state index in [0.29, 0.717) is 12.8 Å². The number of carbonyl (C=O) groups excluding carboxylic acids is 2. The Labute approximate surface area is 107 Å². The lowest BCUT2D eigenvalue weighted by Crippen LogP contribution is -2.43. The summed E-state index contributed by atoms with van der Waals surface area (Å²) in [7, 11) is 0. The number of aliphatic hydroxyl groups excluding tert-OH is 1. The van der Waals surface area contributed by atoms with Gasteiger partial charge in [0.1, 0.15) is 16.9 Å². The minimum Gasteiger partial charge on any atom is -0.511 e. The van der Waals surface area contributed by atoms with Gasteiger partial charge in [-0.2, -0.15) is 0 Å². The maximum Gasteiger partial charge on any atom is 0.346 e. The van der Waals surface area contributed by atoms with Gasteiger partial charge in [0.2, 0.25) is 0 Å². The number of allylic oxidation sites excluding steroid dienone is 2. The molecule has 0 spiro atoms. The van der Waals surface area contributed by atoms with Crippen molar-refractivity contribution in [2.75, 3.05) is 0 Å². The number of cyclic esters (lactones) is 1. The number of hydrogen-bond donors (Lipinski definition) is 1. The van der Waals surface area contributed by atoms with E-state index in [1.54, 1.807) is 6.92 Å². The number of rotatable bonds is 3. The van der Waals surface area contributed by atoms with Crippen molar-refractivity contribution in [2.24, 2.45) is 0 Å². The summed E-state index contributed by atoms with van der Waals surface area (Å²) < 4.78 is 5.33. The second-order valence-electron chi connectivity index (χ2n) is 4.76. The SMILES string of the molecule is CC=C(C)C1(C)CC(=O)C(=C(O)CCC)C(=O)O1. The molecule has 1 saturated heterocycles. The van der Waals surface area contributed by atoms with Crippen LogP contribution >= 0.6 is 0 Å². The Bertz CT molecular complexity index is 409. The Kier molecular flexibility index (Phi) is 4.33. The molecule has 0 saturated carbocycles. The van der Waals surface area contributed by atoms with Crippen molar-refractivity contribution < 1.29 is 19.4 Å². The molecule has 1 atom stereocenters. The van der Waals surface area contributed by atoms with E-state index in [1.807, 2.05) is 26.8 Å². The number of carbonyl (C=O) groups is 2. The normalized spacial score (nSPS) is 28.1. The van der Waals surface area contributed by atoms with Gasteiger partial charge in [0.25, 0.3) is 0 Å². The van der Waals surface area contributed by atoms with Crippen molar-refractivity contribution in [3.63, 3.8) is 0 Å². The van der Waals surface area contributed by atoms with Crippen molar-refractivity contribution in [1.82, 2.24) is 0 Å². The summed E-state index contributed by atoms with van der Waals surface area (Å²) in [5.74, 6) is -1.23. The zero-order valence-corrected chi connectivity index (χ0v) is 11.4. The average molecular weight is 252 g/mol. The maximum atomic E-state index is 12.0. The molecule has 1 rings (SSSR count). The first-order valence-corrected chi connectivity index (χ1v) is 6.17. The highest BCUT2D eigenvalue weighted by molar-refractivity contribution is 6.19. The van der Waals surface area contributed by atoms with Gasteiger partial charge in [0, 0.05) is 6.42 Å². The predicted octanol–water partition coefficient (Wildman–Crippen LogP) is 2.84. The van der Waals surface area contributed by atoms with Gasteiger partial charge in [0.15, 0.2) is 5.78 Å². The monoisotopic (exact) mass is 252 g/mol. The lowest BCUT2D eigenvalue weighted by molar-refractivity contribution is -0.157. The van der Waals surface area contributed by atoms with Gasteiger partial charge in [-0.3, -0.25) is 4.79 Å². The molecule has 1 N–H and O–H groups in total. The Morgan fingerprint density at radius 1 is 1.50 bits per heavy atom. The fourth-order valence-corrected chi connectivity index (χ4v) is 1.97. The highest BCUT2D eigenvalue weighted by Crippen LogP contribution is 2.33. The number of esters is 1. The number of ether oxygens (including phenoxy) is 1. The Morgan fingerprint density at radius 2 is 2.11 bits per heavy atom. The van der Waals surface area contributed by atoms with Crippen molar-refractivity contribution in [3.05, 3.63) is 23.0 Å². The van der Waals surface area contributed by atoms with Crippen molar-refractivity contribution >= 4 is 11.8 Å². The number of aliphatic hydroxyl groups is 1. The molecule has 0 aromatic rings. The molecule has 1 aliphatic heterocycles. The molecular weight excluding hydrogens is 232 g/mol. The fourth-order valence-electron chi connectivity index (χ4n) is 1.97. The second kappa shape index (κ2) is 5.38. The molecule has 18 heavy (non-hydrogen) atoms. The summed E-state index contributed by atoms with van der Waals surface area (Å²) >= 11 is 0. The third-order valence-electron chi connectivity index (χ3n) is 3.34. The quantitative estimate of drug-likeness (QED) is 0.276. The van der Waals surface area contributed by atoms with Gasteiger partial charge in [-0.25, -0.2) is 4.79 Å². The first-order valence-electron chi connectivity index (χ1n) is 6.17. The molecule has 0 bridgehead atoms. The van der Waals surface area contributed by atoms with Gasteiger partial charge in [-0.15, -0.1) is 0 Å². The molecule has 4 heteroatoms. The van der Waals surface area contributed by atoms with E-state index in [4.69, 9.17) is 4.74 Å². The third kappa shape index (κ3) is 2.63. The van der Waals surface area contributed by atoms with Crippen LogP contribution in [0, 0.1) is 0 Å².